The Bertz CT molecular complexity index is 414. The summed E-state index contributed by atoms with van der Waals surface area (Å²) in [7, 11) is 2.94. The van der Waals surface area contributed by atoms with Gasteiger partial charge in [-0.3, -0.25) is 0 Å². The fourth-order valence-electron chi connectivity index (χ4n) is 1.38. The summed E-state index contributed by atoms with van der Waals surface area (Å²) in [5.41, 5.74) is 1.03. The highest BCUT2D eigenvalue weighted by Crippen LogP contribution is 2.30. The Kier molecular flexibility index (Phi) is 4.48. The van der Waals surface area contributed by atoms with E-state index >= 15 is 0 Å². The molecule has 0 N–H and O–H groups in total. The highest BCUT2D eigenvalue weighted by Gasteiger charge is 2.10. The van der Waals surface area contributed by atoms with Crippen molar-refractivity contribution in [1.82, 2.24) is 0 Å². The molecular formula is C11H12FNO3. The fraction of sp³-hybridized carbons (Fsp3) is 0.364. The van der Waals surface area contributed by atoms with Gasteiger partial charge in [-0.1, -0.05) is 0 Å². The van der Waals surface area contributed by atoms with E-state index in [-0.39, 0.29) is 6.54 Å². The van der Waals surface area contributed by atoms with Gasteiger partial charge < -0.3 is 9.47 Å². The molecule has 0 unspecified atom stereocenters. The summed E-state index contributed by atoms with van der Waals surface area (Å²) in [6.07, 6.45) is 1.43. The predicted octanol–water partition coefficient (Wildman–Crippen LogP) is 2.01. The molecule has 0 saturated carbocycles. The van der Waals surface area contributed by atoms with Gasteiger partial charge in [0.2, 0.25) is 6.08 Å². The summed E-state index contributed by atoms with van der Waals surface area (Å²) in [4.78, 5) is 13.5. The lowest BCUT2D eigenvalue weighted by Crippen LogP contribution is -1.97. The number of alkyl halides is 1. The van der Waals surface area contributed by atoms with Gasteiger partial charge in [-0.2, -0.15) is 0 Å². The second kappa shape index (κ2) is 5.88. The lowest BCUT2D eigenvalue weighted by atomic mass is 10.1. The van der Waals surface area contributed by atoms with Crippen molar-refractivity contribution in [3.63, 3.8) is 0 Å². The highest BCUT2D eigenvalue weighted by molar-refractivity contribution is 5.47. The molecule has 0 bridgehead atoms. The fourth-order valence-corrected chi connectivity index (χ4v) is 1.38. The average Bonchev–Trinajstić information content (AvgIpc) is 2.35. The van der Waals surface area contributed by atoms with Crippen LogP contribution in [0.1, 0.15) is 11.1 Å². The van der Waals surface area contributed by atoms with Gasteiger partial charge in [-0.25, -0.2) is 14.2 Å². The molecule has 0 aliphatic rings. The molecule has 0 fully saturated rings. The molecule has 0 aromatic heterocycles. The normalized spacial score (nSPS) is 9.44. The number of nitrogens with zero attached hydrogens (tertiary/aromatic N) is 1. The van der Waals surface area contributed by atoms with Crippen LogP contribution in [-0.4, -0.2) is 20.3 Å². The molecule has 16 heavy (non-hydrogen) atoms. The number of isocyanates is 1. The lowest BCUT2D eigenvalue weighted by Gasteiger charge is -2.11. The van der Waals surface area contributed by atoms with E-state index in [9.17, 15) is 9.18 Å². The number of aliphatic imine (C=N–C) groups is 1. The van der Waals surface area contributed by atoms with Crippen molar-refractivity contribution >= 4 is 6.08 Å². The van der Waals surface area contributed by atoms with Gasteiger partial charge in [0.25, 0.3) is 0 Å². The smallest absolute Gasteiger partial charge is 0.235 e. The van der Waals surface area contributed by atoms with Crippen molar-refractivity contribution in [3.05, 3.63) is 23.3 Å². The zero-order chi connectivity index (χ0) is 12.0. The summed E-state index contributed by atoms with van der Waals surface area (Å²) in [5.74, 6) is 0.922. The first-order valence-corrected chi connectivity index (χ1v) is 4.60. The molecule has 1 aromatic rings. The van der Waals surface area contributed by atoms with E-state index in [2.05, 4.69) is 4.99 Å². The topological polar surface area (TPSA) is 47.9 Å². The number of halogens is 1. The third kappa shape index (κ3) is 2.58. The Morgan fingerprint density at radius 3 is 2.38 bits per heavy atom. The Morgan fingerprint density at radius 2 is 1.88 bits per heavy atom. The highest BCUT2D eigenvalue weighted by atomic mass is 19.1. The second-order valence-electron chi connectivity index (χ2n) is 3.02. The quantitative estimate of drug-likeness (QED) is 0.569. The van der Waals surface area contributed by atoms with Gasteiger partial charge in [0.05, 0.1) is 20.8 Å². The van der Waals surface area contributed by atoms with Crippen LogP contribution in [0.3, 0.4) is 0 Å². The second-order valence-corrected chi connectivity index (χ2v) is 3.02. The maximum atomic E-state index is 12.7. The van der Waals surface area contributed by atoms with Gasteiger partial charge in [0.15, 0.2) is 0 Å². The van der Waals surface area contributed by atoms with Crippen LogP contribution in [-0.2, 0) is 18.0 Å². The van der Waals surface area contributed by atoms with Crippen LogP contribution in [0, 0.1) is 0 Å². The molecule has 4 nitrogen and oxygen atoms in total. The molecule has 0 atom stereocenters. The van der Waals surface area contributed by atoms with Crippen molar-refractivity contribution in [2.24, 2.45) is 4.99 Å². The molecule has 0 aliphatic carbocycles. The van der Waals surface area contributed by atoms with E-state index in [1.54, 1.807) is 12.1 Å². The number of carbonyl (C=O) groups excluding carboxylic acids is 1. The van der Waals surface area contributed by atoms with Crippen LogP contribution >= 0.6 is 0 Å². The Labute approximate surface area is 92.7 Å². The lowest BCUT2D eigenvalue weighted by molar-refractivity contribution is 0.378. The van der Waals surface area contributed by atoms with E-state index in [4.69, 9.17) is 9.47 Å². The van der Waals surface area contributed by atoms with Gasteiger partial charge in [-0.05, 0) is 6.07 Å². The summed E-state index contributed by atoms with van der Waals surface area (Å²) >= 11 is 0. The third-order valence-electron chi connectivity index (χ3n) is 2.14. The average molecular weight is 225 g/mol. The maximum Gasteiger partial charge on any atom is 0.235 e. The number of hydrogen-bond donors (Lipinski definition) is 0. The van der Waals surface area contributed by atoms with Crippen molar-refractivity contribution in [2.75, 3.05) is 14.2 Å². The number of rotatable bonds is 5. The molecule has 0 spiro atoms. The molecule has 0 aliphatic heterocycles. The van der Waals surface area contributed by atoms with E-state index in [1.165, 1.54) is 20.3 Å². The van der Waals surface area contributed by atoms with E-state index < -0.39 is 6.67 Å². The van der Waals surface area contributed by atoms with Crippen molar-refractivity contribution in [3.8, 4) is 11.5 Å². The Hall–Kier alpha value is -1.87. The van der Waals surface area contributed by atoms with Crippen LogP contribution in [0.2, 0.25) is 0 Å². The Morgan fingerprint density at radius 1 is 1.25 bits per heavy atom. The minimum Gasteiger partial charge on any atom is -0.496 e. The van der Waals surface area contributed by atoms with Crippen LogP contribution < -0.4 is 9.47 Å². The van der Waals surface area contributed by atoms with Crippen LogP contribution in [0.5, 0.6) is 11.5 Å². The molecule has 86 valence electrons. The van der Waals surface area contributed by atoms with Crippen molar-refractivity contribution in [2.45, 2.75) is 13.2 Å². The number of hydrogen-bond acceptors (Lipinski definition) is 4. The molecular weight excluding hydrogens is 213 g/mol. The zero-order valence-corrected chi connectivity index (χ0v) is 9.12. The third-order valence-corrected chi connectivity index (χ3v) is 2.14. The molecule has 0 heterocycles. The molecule has 0 saturated heterocycles. The zero-order valence-electron chi connectivity index (χ0n) is 9.12. The number of ether oxygens (including phenoxy) is 2. The van der Waals surface area contributed by atoms with Crippen molar-refractivity contribution in [1.29, 1.82) is 0 Å². The van der Waals surface area contributed by atoms with E-state index in [0.29, 0.717) is 22.6 Å². The standard InChI is InChI=1S/C11H12FNO3/c1-15-10-4-11(16-2)9(6-13-7-14)3-8(10)5-12/h3-4H,5-6H2,1-2H3. The number of methoxy groups -OCH3 is 2. The van der Waals surface area contributed by atoms with Crippen LogP contribution in [0.25, 0.3) is 0 Å². The first-order valence-electron chi connectivity index (χ1n) is 4.60. The van der Waals surface area contributed by atoms with Crippen LogP contribution in [0.4, 0.5) is 4.39 Å². The molecule has 5 heteroatoms. The summed E-state index contributed by atoms with van der Waals surface area (Å²) in [6, 6.07) is 3.14. The minimum absolute atomic E-state index is 0.115. The molecule has 1 aromatic carbocycles. The summed E-state index contributed by atoms with van der Waals surface area (Å²) in [5, 5.41) is 0. The molecule has 0 amide bonds. The summed E-state index contributed by atoms with van der Waals surface area (Å²) < 4.78 is 22.8. The minimum atomic E-state index is -0.648. The predicted molar refractivity (Wildman–Crippen MR) is 56.2 cm³/mol. The monoisotopic (exact) mass is 225 g/mol. The van der Waals surface area contributed by atoms with E-state index in [0.717, 1.165) is 0 Å². The van der Waals surface area contributed by atoms with Crippen LogP contribution in [0.15, 0.2) is 17.1 Å². The largest absolute Gasteiger partial charge is 0.496 e. The van der Waals surface area contributed by atoms with Crippen molar-refractivity contribution < 1.29 is 18.7 Å². The Balaban J connectivity index is 3.19. The first kappa shape index (κ1) is 12.2. The molecule has 1 rings (SSSR count). The number of benzene rings is 1. The van der Waals surface area contributed by atoms with E-state index in [1.807, 2.05) is 0 Å². The molecule has 0 radical (unpaired) electrons. The van der Waals surface area contributed by atoms with Gasteiger partial charge in [0, 0.05) is 17.2 Å². The SMILES string of the molecule is COc1cc(OC)c(CN=C=O)cc1CF. The van der Waals surface area contributed by atoms with Gasteiger partial charge >= 0.3 is 0 Å². The summed E-state index contributed by atoms with van der Waals surface area (Å²) in [6.45, 7) is -0.533. The van der Waals surface area contributed by atoms with Gasteiger partial charge in [0.1, 0.15) is 18.2 Å². The first-order chi connectivity index (χ1) is 7.76. The maximum absolute atomic E-state index is 12.7. The van der Waals surface area contributed by atoms with Gasteiger partial charge in [-0.15, -0.1) is 0 Å².